The molecule has 3 aromatic rings. The van der Waals surface area contributed by atoms with E-state index in [4.69, 9.17) is 4.74 Å². The SMILES string of the molecule is O=C(Cc1cccc2cccnc12)NC(CN1CCOCC1)c1ccccc1. The molecule has 5 heteroatoms. The largest absolute Gasteiger partial charge is 0.379 e. The van der Waals surface area contributed by atoms with Crippen molar-refractivity contribution in [3.63, 3.8) is 0 Å². The number of amides is 1. The number of benzene rings is 2. The van der Waals surface area contributed by atoms with E-state index in [1.165, 1.54) is 0 Å². The summed E-state index contributed by atoms with van der Waals surface area (Å²) in [6.45, 7) is 4.07. The molecule has 1 atom stereocenters. The second-order valence-electron chi connectivity index (χ2n) is 7.11. The summed E-state index contributed by atoms with van der Waals surface area (Å²) in [5.41, 5.74) is 2.97. The molecule has 2 heterocycles. The van der Waals surface area contributed by atoms with Crippen molar-refractivity contribution >= 4 is 16.8 Å². The summed E-state index contributed by atoms with van der Waals surface area (Å²) < 4.78 is 5.45. The fraction of sp³-hybridized carbons (Fsp3) is 0.304. The molecule has 1 amide bonds. The molecule has 28 heavy (non-hydrogen) atoms. The molecule has 1 N–H and O–H groups in total. The van der Waals surface area contributed by atoms with E-state index in [0.29, 0.717) is 6.42 Å². The third-order valence-corrected chi connectivity index (χ3v) is 5.15. The summed E-state index contributed by atoms with van der Waals surface area (Å²) in [6, 6.07) is 20.1. The van der Waals surface area contributed by atoms with Crippen LogP contribution < -0.4 is 5.32 Å². The second kappa shape index (κ2) is 8.95. The van der Waals surface area contributed by atoms with Gasteiger partial charge in [-0.2, -0.15) is 0 Å². The number of hydrogen-bond donors (Lipinski definition) is 1. The van der Waals surface area contributed by atoms with Crippen molar-refractivity contribution in [2.24, 2.45) is 0 Å². The number of hydrogen-bond acceptors (Lipinski definition) is 4. The molecular formula is C23H25N3O2. The van der Waals surface area contributed by atoms with Crippen LogP contribution in [0.15, 0.2) is 66.9 Å². The van der Waals surface area contributed by atoms with Gasteiger partial charge in [0.05, 0.1) is 31.2 Å². The molecule has 1 unspecified atom stereocenters. The van der Waals surface area contributed by atoms with Gasteiger partial charge in [-0.05, 0) is 17.2 Å². The highest BCUT2D eigenvalue weighted by Crippen LogP contribution is 2.18. The van der Waals surface area contributed by atoms with Crippen molar-refractivity contribution in [3.8, 4) is 0 Å². The fourth-order valence-electron chi connectivity index (χ4n) is 3.69. The summed E-state index contributed by atoms with van der Waals surface area (Å²) in [5.74, 6) is 0.0141. The lowest BCUT2D eigenvalue weighted by Crippen LogP contribution is -2.43. The predicted octanol–water partition coefficient (Wildman–Crippen LogP) is 2.97. The molecule has 1 aliphatic heterocycles. The maximum absolute atomic E-state index is 12.9. The van der Waals surface area contributed by atoms with Crippen LogP contribution in [0.2, 0.25) is 0 Å². The van der Waals surface area contributed by atoms with Gasteiger partial charge in [0, 0.05) is 31.2 Å². The van der Waals surface area contributed by atoms with E-state index in [-0.39, 0.29) is 11.9 Å². The molecule has 0 radical (unpaired) electrons. The van der Waals surface area contributed by atoms with Crippen LogP contribution in [0.25, 0.3) is 10.9 Å². The minimum absolute atomic E-state index is 0.0141. The Morgan fingerprint density at radius 1 is 1.04 bits per heavy atom. The van der Waals surface area contributed by atoms with Crippen molar-refractivity contribution in [1.29, 1.82) is 0 Å². The lowest BCUT2D eigenvalue weighted by atomic mass is 10.0. The molecule has 144 valence electrons. The van der Waals surface area contributed by atoms with Crippen LogP contribution in [0.3, 0.4) is 0 Å². The minimum atomic E-state index is -0.0465. The van der Waals surface area contributed by atoms with Crippen LogP contribution in [0.1, 0.15) is 17.2 Å². The Bertz CT molecular complexity index is 918. The lowest BCUT2D eigenvalue weighted by molar-refractivity contribution is -0.121. The standard InChI is InChI=1S/C23H25N3O2/c27-22(16-20-9-4-8-19-10-5-11-24-23(19)20)25-21(18-6-2-1-3-7-18)17-26-12-14-28-15-13-26/h1-11,21H,12-17H2,(H,25,27). The number of aromatic nitrogens is 1. The number of carbonyl (C=O) groups is 1. The average Bonchev–Trinajstić information content (AvgIpc) is 2.75. The van der Waals surface area contributed by atoms with Crippen molar-refractivity contribution in [2.75, 3.05) is 32.8 Å². The van der Waals surface area contributed by atoms with Crippen molar-refractivity contribution in [3.05, 3.63) is 78.0 Å². The Hall–Kier alpha value is -2.76. The molecule has 0 saturated carbocycles. The van der Waals surface area contributed by atoms with E-state index in [2.05, 4.69) is 27.3 Å². The number of nitrogens with one attached hydrogen (secondary N) is 1. The van der Waals surface area contributed by atoms with Gasteiger partial charge in [-0.1, -0.05) is 54.6 Å². The lowest BCUT2D eigenvalue weighted by Gasteiger charge is -2.31. The average molecular weight is 375 g/mol. The maximum atomic E-state index is 12.9. The van der Waals surface area contributed by atoms with E-state index in [0.717, 1.165) is 54.9 Å². The molecule has 1 aliphatic rings. The van der Waals surface area contributed by atoms with E-state index in [1.807, 2.05) is 48.5 Å². The molecule has 1 fully saturated rings. The number of pyridine rings is 1. The third kappa shape index (κ3) is 4.55. The van der Waals surface area contributed by atoms with Crippen molar-refractivity contribution in [1.82, 2.24) is 15.2 Å². The van der Waals surface area contributed by atoms with Gasteiger partial charge in [0.25, 0.3) is 0 Å². The maximum Gasteiger partial charge on any atom is 0.225 e. The highest BCUT2D eigenvalue weighted by atomic mass is 16.5. The zero-order chi connectivity index (χ0) is 19.2. The molecular weight excluding hydrogens is 350 g/mol. The normalized spacial score (nSPS) is 16.0. The first-order valence-electron chi connectivity index (χ1n) is 9.76. The Morgan fingerprint density at radius 3 is 2.64 bits per heavy atom. The number of fused-ring (bicyclic) bond motifs is 1. The Labute approximate surface area is 165 Å². The topological polar surface area (TPSA) is 54.5 Å². The van der Waals surface area contributed by atoms with Gasteiger partial charge in [0.15, 0.2) is 0 Å². The highest BCUT2D eigenvalue weighted by Gasteiger charge is 2.20. The monoisotopic (exact) mass is 375 g/mol. The third-order valence-electron chi connectivity index (χ3n) is 5.15. The van der Waals surface area contributed by atoms with Crippen LogP contribution in [0.4, 0.5) is 0 Å². The van der Waals surface area contributed by atoms with Gasteiger partial charge in [-0.25, -0.2) is 0 Å². The van der Waals surface area contributed by atoms with Crippen LogP contribution in [-0.4, -0.2) is 48.6 Å². The Kier molecular flexibility index (Phi) is 5.95. The molecule has 2 aromatic carbocycles. The quantitative estimate of drug-likeness (QED) is 0.720. The van der Waals surface area contributed by atoms with Crippen molar-refractivity contribution in [2.45, 2.75) is 12.5 Å². The van der Waals surface area contributed by atoms with Gasteiger partial charge >= 0.3 is 0 Å². The predicted molar refractivity (Wildman–Crippen MR) is 110 cm³/mol. The van der Waals surface area contributed by atoms with Crippen LogP contribution in [0.5, 0.6) is 0 Å². The summed E-state index contributed by atoms with van der Waals surface area (Å²) in [5, 5.41) is 4.30. The van der Waals surface area contributed by atoms with E-state index >= 15 is 0 Å². The van der Waals surface area contributed by atoms with E-state index < -0.39 is 0 Å². The smallest absolute Gasteiger partial charge is 0.225 e. The van der Waals surface area contributed by atoms with Gasteiger partial charge in [-0.3, -0.25) is 14.7 Å². The first-order chi connectivity index (χ1) is 13.8. The number of rotatable bonds is 6. The number of carbonyl (C=O) groups excluding carboxylic acids is 1. The van der Waals surface area contributed by atoms with Crippen LogP contribution >= 0.6 is 0 Å². The van der Waals surface area contributed by atoms with E-state index in [1.54, 1.807) is 6.20 Å². The number of para-hydroxylation sites is 1. The van der Waals surface area contributed by atoms with Gasteiger partial charge < -0.3 is 10.1 Å². The zero-order valence-corrected chi connectivity index (χ0v) is 15.9. The second-order valence-corrected chi connectivity index (χ2v) is 7.11. The van der Waals surface area contributed by atoms with Crippen molar-refractivity contribution < 1.29 is 9.53 Å². The molecule has 0 aliphatic carbocycles. The summed E-state index contributed by atoms with van der Waals surface area (Å²) in [7, 11) is 0. The summed E-state index contributed by atoms with van der Waals surface area (Å²) in [6.07, 6.45) is 2.09. The first kappa shape index (κ1) is 18.6. The molecule has 5 nitrogen and oxygen atoms in total. The van der Waals surface area contributed by atoms with Crippen LogP contribution in [-0.2, 0) is 16.0 Å². The molecule has 0 bridgehead atoms. The van der Waals surface area contributed by atoms with Gasteiger partial charge in [-0.15, -0.1) is 0 Å². The highest BCUT2D eigenvalue weighted by molar-refractivity contribution is 5.87. The van der Waals surface area contributed by atoms with Gasteiger partial charge in [0.1, 0.15) is 0 Å². The summed E-state index contributed by atoms with van der Waals surface area (Å²) >= 11 is 0. The molecule has 1 saturated heterocycles. The number of morpholine rings is 1. The zero-order valence-electron chi connectivity index (χ0n) is 15.9. The first-order valence-corrected chi connectivity index (χ1v) is 9.76. The molecule has 0 spiro atoms. The molecule has 4 rings (SSSR count). The Balaban J connectivity index is 1.49. The fourth-order valence-corrected chi connectivity index (χ4v) is 3.69. The molecule has 1 aromatic heterocycles. The number of nitrogens with zero attached hydrogens (tertiary/aromatic N) is 2. The number of ether oxygens (including phenoxy) is 1. The minimum Gasteiger partial charge on any atom is -0.379 e. The summed E-state index contributed by atoms with van der Waals surface area (Å²) in [4.78, 5) is 19.7. The van der Waals surface area contributed by atoms with Crippen LogP contribution in [0, 0.1) is 0 Å². The van der Waals surface area contributed by atoms with E-state index in [9.17, 15) is 4.79 Å². The van der Waals surface area contributed by atoms with Gasteiger partial charge in [0.2, 0.25) is 5.91 Å². The Morgan fingerprint density at radius 2 is 1.82 bits per heavy atom.